The zero-order valence-electron chi connectivity index (χ0n) is 15.3. The number of furan rings is 1. The first-order valence-corrected chi connectivity index (χ1v) is 8.63. The van der Waals surface area contributed by atoms with Gasteiger partial charge in [-0.05, 0) is 43.7 Å². The zero-order chi connectivity index (χ0) is 17.6. The van der Waals surface area contributed by atoms with E-state index < -0.39 is 0 Å². The largest absolute Gasteiger partial charge is 0.465 e. The SMILES string of the molecule is Cc1cccc(NC(N)=NCC(c2ccc(C)o2)N2CCOCC2)c1.I. The van der Waals surface area contributed by atoms with Crippen LogP contribution in [-0.4, -0.2) is 43.7 Å². The average Bonchev–Trinajstić information content (AvgIpc) is 3.02. The van der Waals surface area contributed by atoms with Crippen LogP contribution in [0.15, 0.2) is 45.8 Å². The van der Waals surface area contributed by atoms with E-state index in [1.165, 1.54) is 5.56 Å². The number of nitrogens with zero attached hydrogens (tertiary/aromatic N) is 2. The lowest BCUT2D eigenvalue weighted by Gasteiger charge is -2.32. The Labute approximate surface area is 171 Å². The van der Waals surface area contributed by atoms with Crippen molar-refractivity contribution in [2.45, 2.75) is 19.9 Å². The number of benzene rings is 1. The van der Waals surface area contributed by atoms with Crippen LogP contribution in [0, 0.1) is 13.8 Å². The average molecular weight is 470 g/mol. The van der Waals surface area contributed by atoms with Crippen LogP contribution in [-0.2, 0) is 4.74 Å². The Morgan fingerprint density at radius 2 is 2.00 bits per heavy atom. The molecule has 2 aromatic rings. The normalized spacial score (nSPS) is 16.8. The van der Waals surface area contributed by atoms with Gasteiger partial charge in [0.2, 0.25) is 0 Å². The molecule has 142 valence electrons. The van der Waals surface area contributed by atoms with Crippen molar-refractivity contribution in [3.05, 3.63) is 53.5 Å². The summed E-state index contributed by atoms with van der Waals surface area (Å²) in [5.74, 6) is 2.24. The van der Waals surface area contributed by atoms with Crippen molar-refractivity contribution in [2.24, 2.45) is 10.7 Å². The van der Waals surface area contributed by atoms with Gasteiger partial charge in [0.15, 0.2) is 5.96 Å². The molecule has 3 rings (SSSR count). The Balaban J connectivity index is 0.00000243. The van der Waals surface area contributed by atoms with E-state index in [9.17, 15) is 0 Å². The number of rotatable bonds is 5. The number of hydrogen-bond donors (Lipinski definition) is 2. The van der Waals surface area contributed by atoms with E-state index in [0.717, 1.165) is 43.5 Å². The summed E-state index contributed by atoms with van der Waals surface area (Å²) in [6.45, 7) is 7.74. The summed E-state index contributed by atoms with van der Waals surface area (Å²) in [5.41, 5.74) is 8.20. The minimum Gasteiger partial charge on any atom is -0.465 e. The monoisotopic (exact) mass is 470 g/mol. The van der Waals surface area contributed by atoms with Crippen molar-refractivity contribution in [2.75, 3.05) is 38.2 Å². The van der Waals surface area contributed by atoms with E-state index in [2.05, 4.69) is 15.2 Å². The zero-order valence-corrected chi connectivity index (χ0v) is 17.6. The molecular weight excluding hydrogens is 443 g/mol. The fourth-order valence-corrected chi connectivity index (χ4v) is 3.00. The molecule has 0 bridgehead atoms. The van der Waals surface area contributed by atoms with Gasteiger partial charge in [0, 0.05) is 18.8 Å². The van der Waals surface area contributed by atoms with Gasteiger partial charge in [0.1, 0.15) is 11.5 Å². The molecule has 1 atom stereocenters. The summed E-state index contributed by atoms with van der Waals surface area (Å²) in [7, 11) is 0. The van der Waals surface area contributed by atoms with Crippen LogP contribution in [0.2, 0.25) is 0 Å². The highest BCUT2D eigenvalue weighted by atomic mass is 127. The minimum atomic E-state index is 0. The Bertz CT molecular complexity index is 726. The lowest BCUT2D eigenvalue weighted by Crippen LogP contribution is -2.40. The highest BCUT2D eigenvalue weighted by Gasteiger charge is 2.25. The predicted molar refractivity (Wildman–Crippen MR) is 115 cm³/mol. The first-order chi connectivity index (χ1) is 12.1. The first-order valence-electron chi connectivity index (χ1n) is 8.63. The number of hydrogen-bond acceptors (Lipinski definition) is 4. The molecule has 0 spiro atoms. The van der Waals surface area contributed by atoms with Crippen LogP contribution in [0.3, 0.4) is 0 Å². The molecular formula is C19H27IN4O2. The third-order valence-electron chi connectivity index (χ3n) is 4.30. The fraction of sp³-hybridized carbons (Fsp3) is 0.421. The van der Waals surface area contributed by atoms with Crippen LogP contribution in [0.4, 0.5) is 5.69 Å². The second kappa shape index (κ2) is 9.94. The number of morpholine rings is 1. The number of ether oxygens (including phenoxy) is 1. The summed E-state index contributed by atoms with van der Waals surface area (Å²) < 4.78 is 11.3. The topological polar surface area (TPSA) is 76.0 Å². The fourth-order valence-electron chi connectivity index (χ4n) is 3.00. The van der Waals surface area contributed by atoms with Crippen molar-refractivity contribution >= 4 is 35.6 Å². The number of guanidine groups is 1. The summed E-state index contributed by atoms with van der Waals surface area (Å²) in [6, 6.07) is 12.1. The van der Waals surface area contributed by atoms with E-state index in [0.29, 0.717) is 12.5 Å². The van der Waals surface area contributed by atoms with E-state index in [-0.39, 0.29) is 30.0 Å². The van der Waals surface area contributed by atoms with Crippen LogP contribution in [0.25, 0.3) is 0 Å². The summed E-state index contributed by atoms with van der Waals surface area (Å²) in [6.07, 6.45) is 0. The summed E-state index contributed by atoms with van der Waals surface area (Å²) >= 11 is 0. The quantitative estimate of drug-likeness (QED) is 0.399. The maximum atomic E-state index is 6.08. The molecule has 1 fully saturated rings. The lowest BCUT2D eigenvalue weighted by molar-refractivity contribution is 0.0135. The molecule has 0 saturated carbocycles. The standard InChI is InChI=1S/C19H26N4O2.HI/c1-14-4-3-5-16(12-14)22-19(20)21-13-17(18-7-6-15(2)25-18)23-8-10-24-11-9-23;/h3-7,12,17H,8-11,13H2,1-2H3,(H3,20,21,22);1H. The minimum absolute atomic E-state index is 0. The molecule has 1 aliphatic heterocycles. The van der Waals surface area contributed by atoms with E-state index in [1.807, 2.05) is 50.2 Å². The van der Waals surface area contributed by atoms with Gasteiger partial charge >= 0.3 is 0 Å². The molecule has 1 unspecified atom stereocenters. The molecule has 0 radical (unpaired) electrons. The van der Waals surface area contributed by atoms with Crippen molar-refractivity contribution < 1.29 is 9.15 Å². The molecule has 1 aliphatic rings. The molecule has 7 heteroatoms. The number of nitrogens with one attached hydrogen (secondary N) is 1. The van der Waals surface area contributed by atoms with Gasteiger partial charge < -0.3 is 20.2 Å². The number of anilines is 1. The van der Waals surface area contributed by atoms with Crippen molar-refractivity contribution in [3.63, 3.8) is 0 Å². The maximum absolute atomic E-state index is 6.08. The molecule has 1 aromatic carbocycles. The summed E-state index contributed by atoms with van der Waals surface area (Å²) in [4.78, 5) is 6.89. The molecule has 1 aromatic heterocycles. The smallest absolute Gasteiger partial charge is 0.193 e. The van der Waals surface area contributed by atoms with Crippen LogP contribution in [0.1, 0.15) is 23.1 Å². The second-order valence-electron chi connectivity index (χ2n) is 6.33. The molecule has 3 N–H and O–H groups in total. The lowest BCUT2D eigenvalue weighted by atomic mass is 10.1. The third kappa shape index (κ3) is 5.72. The Morgan fingerprint density at radius 1 is 1.23 bits per heavy atom. The van der Waals surface area contributed by atoms with Gasteiger partial charge in [0.05, 0.1) is 25.8 Å². The number of nitrogens with two attached hydrogens (primary N) is 1. The van der Waals surface area contributed by atoms with Gasteiger partial charge in [-0.1, -0.05) is 12.1 Å². The van der Waals surface area contributed by atoms with Crippen molar-refractivity contribution in [3.8, 4) is 0 Å². The second-order valence-corrected chi connectivity index (χ2v) is 6.33. The molecule has 26 heavy (non-hydrogen) atoms. The number of aryl methyl sites for hydroxylation is 2. The first kappa shape index (κ1) is 20.7. The Kier molecular flexibility index (Phi) is 7.92. The van der Waals surface area contributed by atoms with Crippen molar-refractivity contribution in [1.82, 2.24) is 4.90 Å². The molecule has 6 nitrogen and oxygen atoms in total. The highest BCUT2D eigenvalue weighted by Crippen LogP contribution is 2.24. The van der Waals surface area contributed by atoms with E-state index >= 15 is 0 Å². The van der Waals surface area contributed by atoms with Crippen LogP contribution >= 0.6 is 24.0 Å². The van der Waals surface area contributed by atoms with Crippen LogP contribution < -0.4 is 11.1 Å². The molecule has 1 saturated heterocycles. The third-order valence-corrected chi connectivity index (χ3v) is 4.30. The Hall–Kier alpha value is -1.58. The molecule has 0 aliphatic carbocycles. The van der Waals surface area contributed by atoms with Gasteiger partial charge in [-0.25, -0.2) is 0 Å². The molecule has 2 heterocycles. The van der Waals surface area contributed by atoms with Crippen molar-refractivity contribution in [1.29, 1.82) is 0 Å². The number of halogens is 1. The van der Waals surface area contributed by atoms with E-state index in [4.69, 9.17) is 14.9 Å². The number of aliphatic imine (C=N–C) groups is 1. The Morgan fingerprint density at radius 3 is 2.65 bits per heavy atom. The van der Waals surface area contributed by atoms with Gasteiger partial charge in [-0.3, -0.25) is 9.89 Å². The summed E-state index contributed by atoms with van der Waals surface area (Å²) in [5, 5.41) is 3.15. The molecule has 0 amide bonds. The van der Waals surface area contributed by atoms with E-state index in [1.54, 1.807) is 0 Å². The van der Waals surface area contributed by atoms with Crippen LogP contribution in [0.5, 0.6) is 0 Å². The van der Waals surface area contributed by atoms with Gasteiger partial charge in [-0.2, -0.15) is 0 Å². The van der Waals surface area contributed by atoms with Gasteiger partial charge in [-0.15, -0.1) is 24.0 Å². The maximum Gasteiger partial charge on any atom is 0.193 e. The highest BCUT2D eigenvalue weighted by molar-refractivity contribution is 14.0. The van der Waals surface area contributed by atoms with Gasteiger partial charge in [0.25, 0.3) is 0 Å². The predicted octanol–water partition coefficient (Wildman–Crippen LogP) is 3.31.